The van der Waals surface area contributed by atoms with Crippen molar-refractivity contribution in [1.29, 1.82) is 0 Å². The number of rotatable bonds is 6. The number of hydrogen-bond donors (Lipinski definition) is 2. The first-order valence-electron chi connectivity index (χ1n) is 6.30. The molecule has 20 heavy (non-hydrogen) atoms. The summed E-state index contributed by atoms with van der Waals surface area (Å²) in [6.45, 7) is 0. The Hall–Kier alpha value is -2.31. The van der Waals surface area contributed by atoms with E-state index in [1.807, 2.05) is 4.57 Å². The molecule has 1 atom stereocenters. The molecular formula is C13H16N2O5. The van der Waals surface area contributed by atoms with Gasteiger partial charge in [-0.1, -0.05) is 0 Å². The molecule has 0 aliphatic heterocycles. The van der Waals surface area contributed by atoms with Crippen LogP contribution in [0.3, 0.4) is 0 Å². The summed E-state index contributed by atoms with van der Waals surface area (Å²) >= 11 is 0. The number of carbonyl (C=O) groups excluding carboxylic acids is 2. The third kappa shape index (κ3) is 3.17. The highest BCUT2D eigenvalue weighted by Crippen LogP contribution is 2.35. The number of esters is 1. The second-order valence-electron chi connectivity index (χ2n) is 4.68. The van der Waals surface area contributed by atoms with Crippen LogP contribution in [-0.2, 0) is 14.3 Å². The molecule has 7 heteroatoms. The molecule has 0 bridgehead atoms. The molecule has 1 amide bonds. The molecule has 0 saturated heterocycles. The lowest BCUT2D eigenvalue weighted by atomic mass is 10.2. The summed E-state index contributed by atoms with van der Waals surface area (Å²) in [6.07, 6.45) is 3.42. The molecule has 0 spiro atoms. The molecule has 1 aromatic heterocycles. The Balaban J connectivity index is 2.05. The third-order valence-corrected chi connectivity index (χ3v) is 3.15. The van der Waals surface area contributed by atoms with E-state index in [0.29, 0.717) is 11.7 Å². The molecule has 2 N–H and O–H groups in total. The molecule has 1 fully saturated rings. The van der Waals surface area contributed by atoms with Crippen molar-refractivity contribution in [2.75, 3.05) is 7.11 Å². The molecule has 1 heterocycles. The number of aromatic nitrogens is 1. The number of hydrogen-bond acceptors (Lipinski definition) is 4. The number of carbonyl (C=O) groups is 3. The smallest absolute Gasteiger partial charge is 0.326 e. The van der Waals surface area contributed by atoms with Gasteiger partial charge in [0.25, 0.3) is 5.91 Å². The van der Waals surface area contributed by atoms with Crippen molar-refractivity contribution in [3.63, 3.8) is 0 Å². The van der Waals surface area contributed by atoms with E-state index in [1.54, 1.807) is 18.3 Å². The van der Waals surface area contributed by atoms with Crippen LogP contribution in [0.25, 0.3) is 0 Å². The number of ether oxygens (including phenoxy) is 1. The van der Waals surface area contributed by atoms with Gasteiger partial charge in [-0.05, 0) is 25.0 Å². The number of nitrogens with one attached hydrogen (secondary N) is 1. The van der Waals surface area contributed by atoms with Crippen LogP contribution in [-0.4, -0.2) is 40.7 Å². The maximum atomic E-state index is 12.1. The average molecular weight is 280 g/mol. The number of methoxy groups -OCH3 is 1. The lowest BCUT2D eigenvalue weighted by Gasteiger charge is -2.14. The van der Waals surface area contributed by atoms with E-state index < -0.39 is 30.3 Å². The quantitative estimate of drug-likeness (QED) is 0.742. The predicted molar refractivity (Wildman–Crippen MR) is 68.2 cm³/mol. The third-order valence-electron chi connectivity index (χ3n) is 3.15. The minimum atomic E-state index is -1.29. The van der Waals surface area contributed by atoms with Crippen molar-refractivity contribution in [1.82, 2.24) is 9.88 Å². The highest BCUT2D eigenvalue weighted by Gasteiger charge is 2.29. The van der Waals surface area contributed by atoms with E-state index in [-0.39, 0.29) is 0 Å². The molecular weight excluding hydrogens is 264 g/mol. The zero-order chi connectivity index (χ0) is 14.7. The summed E-state index contributed by atoms with van der Waals surface area (Å²) in [5.74, 6) is -2.46. The molecule has 0 aromatic carbocycles. The van der Waals surface area contributed by atoms with E-state index in [4.69, 9.17) is 5.11 Å². The molecule has 1 aliphatic carbocycles. The van der Waals surface area contributed by atoms with E-state index in [9.17, 15) is 14.4 Å². The maximum absolute atomic E-state index is 12.1. The molecule has 2 rings (SSSR count). The van der Waals surface area contributed by atoms with Gasteiger partial charge in [-0.15, -0.1) is 0 Å². The lowest BCUT2D eigenvalue weighted by molar-refractivity contribution is -0.147. The molecule has 7 nitrogen and oxygen atoms in total. The number of carboxylic acid groups (broad SMARTS) is 1. The fraction of sp³-hybridized carbons (Fsp3) is 0.462. The Morgan fingerprint density at radius 2 is 2.20 bits per heavy atom. The van der Waals surface area contributed by atoms with Crippen molar-refractivity contribution in [2.45, 2.75) is 31.3 Å². The highest BCUT2D eigenvalue weighted by molar-refractivity contribution is 5.96. The first kappa shape index (κ1) is 14.1. The van der Waals surface area contributed by atoms with E-state index in [1.165, 1.54) is 7.11 Å². The number of aliphatic carboxylic acids is 1. The van der Waals surface area contributed by atoms with E-state index >= 15 is 0 Å². The topological polar surface area (TPSA) is 97.6 Å². The zero-order valence-electron chi connectivity index (χ0n) is 11.0. The van der Waals surface area contributed by atoms with Gasteiger partial charge in [-0.3, -0.25) is 9.59 Å². The van der Waals surface area contributed by atoms with Crippen molar-refractivity contribution >= 4 is 17.8 Å². The summed E-state index contributed by atoms with van der Waals surface area (Å²) in [6, 6.07) is 2.39. The summed E-state index contributed by atoms with van der Waals surface area (Å²) in [5, 5.41) is 11.4. The number of amides is 1. The molecule has 1 aliphatic rings. The Morgan fingerprint density at radius 3 is 2.75 bits per heavy atom. The minimum absolute atomic E-state index is 0.314. The van der Waals surface area contributed by atoms with Gasteiger partial charge in [0.15, 0.2) is 0 Å². The minimum Gasteiger partial charge on any atom is -0.480 e. The predicted octanol–water partition coefficient (Wildman–Crippen LogP) is 0.569. The van der Waals surface area contributed by atoms with Crippen molar-refractivity contribution < 1.29 is 24.2 Å². The van der Waals surface area contributed by atoms with E-state index in [0.717, 1.165) is 12.8 Å². The van der Waals surface area contributed by atoms with Gasteiger partial charge in [-0.2, -0.15) is 0 Å². The molecule has 1 aromatic rings. The average Bonchev–Trinajstić information content (AvgIpc) is 3.14. The Kier molecular flexibility index (Phi) is 4.07. The second-order valence-corrected chi connectivity index (χ2v) is 4.68. The van der Waals surface area contributed by atoms with Crippen LogP contribution in [0.2, 0.25) is 0 Å². The van der Waals surface area contributed by atoms with Gasteiger partial charge in [-0.25, -0.2) is 4.79 Å². The van der Waals surface area contributed by atoms with Crippen LogP contribution in [0, 0.1) is 0 Å². The normalized spacial score (nSPS) is 15.4. The largest absolute Gasteiger partial charge is 0.480 e. The standard InChI is InChI=1S/C13H16N2O5/c1-20-11(16)7-9(13(18)19)14-12(17)10-3-2-6-15(10)8-4-5-8/h2-3,6,8-9H,4-5,7H2,1H3,(H,14,17)(H,18,19)/t9-/m0/s1. The molecule has 0 unspecified atom stereocenters. The van der Waals surface area contributed by atoms with Crippen LogP contribution in [0.5, 0.6) is 0 Å². The SMILES string of the molecule is COC(=O)C[C@H](NC(=O)c1cccn1C1CC1)C(=O)O. The number of nitrogens with zero attached hydrogens (tertiary/aromatic N) is 1. The van der Waals surface area contributed by atoms with Gasteiger partial charge in [0.1, 0.15) is 11.7 Å². The fourth-order valence-electron chi connectivity index (χ4n) is 1.94. The van der Waals surface area contributed by atoms with Crippen LogP contribution in [0.1, 0.15) is 35.8 Å². The van der Waals surface area contributed by atoms with Crippen LogP contribution >= 0.6 is 0 Å². The second kappa shape index (κ2) is 5.77. The van der Waals surface area contributed by atoms with Gasteiger partial charge in [0.05, 0.1) is 13.5 Å². The summed E-state index contributed by atoms with van der Waals surface area (Å²) < 4.78 is 6.24. The maximum Gasteiger partial charge on any atom is 0.326 e. The van der Waals surface area contributed by atoms with Gasteiger partial charge in [0.2, 0.25) is 0 Å². The summed E-state index contributed by atoms with van der Waals surface area (Å²) in [5.41, 5.74) is 0.406. The summed E-state index contributed by atoms with van der Waals surface area (Å²) in [7, 11) is 1.17. The zero-order valence-corrected chi connectivity index (χ0v) is 11.0. The van der Waals surface area contributed by atoms with Crippen molar-refractivity contribution in [3.05, 3.63) is 24.0 Å². The lowest BCUT2D eigenvalue weighted by Crippen LogP contribution is -2.43. The first-order valence-corrected chi connectivity index (χ1v) is 6.30. The Morgan fingerprint density at radius 1 is 1.50 bits per heavy atom. The van der Waals surface area contributed by atoms with Gasteiger partial charge >= 0.3 is 11.9 Å². The summed E-state index contributed by atoms with van der Waals surface area (Å²) in [4.78, 5) is 34.3. The van der Waals surface area contributed by atoms with E-state index in [2.05, 4.69) is 10.1 Å². The Bertz CT molecular complexity index is 533. The molecule has 1 saturated carbocycles. The van der Waals surface area contributed by atoms with Crippen molar-refractivity contribution in [2.24, 2.45) is 0 Å². The fourth-order valence-corrected chi connectivity index (χ4v) is 1.94. The number of carboxylic acids is 1. The van der Waals surface area contributed by atoms with Crippen molar-refractivity contribution in [3.8, 4) is 0 Å². The van der Waals surface area contributed by atoms with Crippen LogP contribution < -0.4 is 5.32 Å². The molecule has 108 valence electrons. The van der Waals surface area contributed by atoms with Crippen LogP contribution in [0.15, 0.2) is 18.3 Å². The molecule has 0 radical (unpaired) electrons. The monoisotopic (exact) mass is 280 g/mol. The Labute approximate surface area is 115 Å². The highest BCUT2D eigenvalue weighted by atomic mass is 16.5. The van der Waals surface area contributed by atoms with Crippen LogP contribution in [0.4, 0.5) is 0 Å². The van der Waals surface area contributed by atoms with Gasteiger partial charge < -0.3 is 19.7 Å². The first-order chi connectivity index (χ1) is 9.52. The van der Waals surface area contributed by atoms with Gasteiger partial charge in [0, 0.05) is 12.2 Å².